The molecule has 2 amide bonds. The Labute approximate surface area is 244 Å². The zero-order valence-corrected chi connectivity index (χ0v) is 23.8. The van der Waals surface area contributed by atoms with E-state index in [-0.39, 0.29) is 31.2 Å². The number of fused-ring (bicyclic) bond motifs is 2. The molecule has 3 aliphatic rings. The summed E-state index contributed by atoms with van der Waals surface area (Å²) in [4.78, 5) is 26.4. The van der Waals surface area contributed by atoms with Crippen LogP contribution in [0.2, 0.25) is 0 Å². The monoisotopic (exact) mass is 579 g/mol. The zero-order valence-electron chi connectivity index (χ0n) is 23.0. The number of allylic oxidation sites excluding steroid dienone is 2. The quantitative estimate of drug-likeness (QED) is 0.405. The number of nitrogens with one attached hydrogen (secondary N) is 2. The zero-order chi connectivity index (χ0) is 28.9. The van der Waals surface area contributed by atoms with Crippen LogP contribution in [-0.2, 0) is 4.74 Å². The lowest BCUT2D eigenvalue weighted by Gasteiger charge is -2.37. The van der Waals surface area contributed by atoms with Gasteiger partial charge in [0, 0.05) is 36.2 Å². The smallest absolute Gasteiger partial charge is 0.416 e. The molecule has 0 aromatic heterocycles. The van der Waals surface area contributed by atoms with E-state index in [9.17, 15) is 14.7 Å². The first-order chi connectivity index (χ1) is 19.8. The van der Waals surface area contributed by atoms with Crippen LogP contribution in [0.1, 0.15) is 30.0 Å². The van der Waals surface area contributed by atoms with E-state index < -0.39 is 18.3 Å². The van der Waals surface area contributed by atoms with E-state index in [1.807, 2.05) is 49.4 Å². The average Bonchev–Trinajstić information content (AvgIpc) is 3.34. The van der Waals surface area contributed by atoms with Crippen molar-refractivity contribution in [2.75, 3.05) is 26.8 Å². The predicted octanol–water partition coefficient (Wildman–Crippen LogP) is 4.96. The van der Waals surface area contributed by atoms with Crippen molar-refractivity contribution in [2.45, 2.75) is 38.0 Å². The van der Waals surface area contributed by atoms with Crippen LogP contribution in [-0.4, -0.2) is 61.1 Å². The van der Waals surface area contributed by atoms with Crippen molar-refractivity contribution in [1.29, 1.82) is 0 Å². The minimum absolute atomic E-state index is 0.0766. The lowest BCUT2D eigenvalue weighted by Crippen LogP contribution is -2.43. The van der Waals surface area contributed by atoms with E-state index in [2.05, 4.69) is 27.5 Å². The van der Waals surface area contributed by atoms with Crippen LogP contribution >= 0.6 is 11.6 Å². The van der Waals surface area contributed by atoms with Gasteiger partial charge in [0.15, 0.2) is 0 Å². The minimum atomic E-state index is -0.761. The molecule has 0 bridgehead atoms. The fourth-order valence-electron chi connectivity index (χ4n) is 5.38. The van der Waals surface area contributed by atoms with Gasteiger partial charge in [0.1, 0.15) is 17.5 Å². The van der Waals surface area contributed by atoms with Crippen molar-refractivity contribution in [3.05, 3.63) is 94.2 Å². The molecular weight excluding hydrogens is 546 g/mol. The number of carbonyl (C=O) groups is 2. The SMILES string of the molecule is COC(=O)NCC(O)CCOc1ccc([C@H]2C3=C(CCN2C(=O)Oc2ccc(C)cc2)C2C=C(Cl)C=CC2N3)cc1. The van der Waals surface area contributed by atoms with Crippen LogP contribution in [0.5, 0.6) is 11.5 Å². The predicted molar refractivity (Wildman–Crippen MR) is 155 cm³/mol. The molecule has 5 rings (SSSR count). The van der Waals surface area contributed by atoms with Crippen LogP contribution < -0.4 is 20.1 Å². The third-order valence-electron chi connectivity index (χ3n) is 7.51. The first kappa shape index (κ1) is 28.6. The summed E-state index contributed by atoms with van der Waals surface area (Å²) in [5.41, 5.74) is 4.24. The second kappa shape index (κ2) is 12.7. The van der Waals surface area contributed by atoms with Crippen molar-refractivity contribution in [1.82, 2.24) is 15.5 Å². The van der Waals surface area contributed by atoms with Gasteiger partial charge in [-0.1, -0.05) is 53.6 Å². The number of aliphatic hydroxyl groups excluding tert-OH is 1. The summed E-state index contributed by atoms with van der Waals surface area (Å²) < 4.78 is 16.1. The standard InChI is InChI=1S/C31H34ClN3O6/c1-19-3-8-24(9-4-19)41-31(38)35-15-13-25-26-17-21(32)7-12-27(26)34-28(25)29(35)20-5-10-23(11-6-20)40-16-14-22(36)18-33-30(37)39-2/h3-12,17,22,26-27,29,34,36H,13-16,18H2,1-2H3,(H,33,37)/t22?,26?,27?,29-/m0/s1. The molecule has 41 heavy (non-hydrogen) atoms. The number of carbonyl (C=O) groups excluding carboxylic acids is 2. The number of rotatable bonds is 8. The van der Waals surface area contributed by atoms with Crippen molar-refractivity contribution in [3.8, 4) is 11.5 Å². The molecule has 0 spiro atoms. The van der Waals surface area contributed by atoms with E-state index in [1.165, 1.54) is 12.7 Å². The lowest BCUT2D eigenvalue weighted by molar-refractivity contribution is 0.127. The number of amides is 2. The molecule has 0 radical (unpaired) electrons. The molecule has 2 aliphatic heterocycles. The Morgan fingerprint density at radius 1 is 1.15 bits per heavy atom. The summed E-state index contributed by atoms with van der Waals surface area (Å²) in [6.45, 7) is 2.83. The number of alkyl carbamates (subject to hydrolysis) is 1. The molecule has 1 aliphatic carbocycles. The summed E-state index contributed by atoms with van der Waals surface area (Å²) in [7, 11) is 1.27. The molecular formula is C31H34ClN3O6. The van der Waals surface area contributed by atoms with Gasteiger partial charge in [-0.3, -0.25) is 4.90 Å². The van der Waals surface area contributed by atoms with Gasteiger partial charge < -0.3 is 30.0 Å². The number of ether oxygens (including phenoxy) is 3. The molecule has 0 fully saturated rings. The summed E-state index contributed by atoms with van der Waals surface area (Å²) in [6, 6.07) is 14.7. The van der Waals surface area contributed by atoms with Crippen LogP contribution in [0.4, 0.5) is 9.59 Å². The molecule has 2 aromatic rings. The highest BCUT2D eigenvalue weighted by molar-refractivity contribution is 6.31. The van der Waals surface area contributed by atoms with Gasteiger partial charge in [-0.25, -0.2) is 9.59 Å². The molecule has 216 valence electrons. The highest BCUT2D eigenvalue weighted by Gasteiger charge is 2.43. The molecule has 10 heteroatoms. The number of halogens is 1. The molecule has 9 nitrogen and oxygen atoms in total. The van der Waals surface area contributed by atoms with E-state index in [1.54, 1.807) is 17.0 Å². The highest BCUT2D eigenvalue weighted by Crippen LogP contribution is 2.45. The summed E-state index contributed by atoms with van der Waals surface area (Å²) in [5.74, 6) is 1.27. The summed E-state index contributed by atoms with van der Waals surface area (Å²) >= 11 is 6.35. The van der Waals surface area contributed by atoms with Gasteiger partial charge in [-0.2, -0.15) is 0 Å². The number of aliphatic hydroxyl groups is 1. The molecule has 0 saturated carbocycles. The fourth-order valence-corrected chi connectivity index (χ4v) is 5.59. The maximum absolute atomic E-state index is 13.5. The molecule has 3 N–H and O–H groups in total. The Bertz CT molecular complexity index is 1350. The van der Waals surface area contributed by atoms with Crippen molar-refractivity contribution >= 4 is 23.8 Å². The number of aryl methyl sites for hydroxylation is 1. The van der Waals surface area contributed by atoms with Crippen molar-refractivity contribution < 1.29 is 28.9 Å². The Balaban J connectivity index is 1.32. The molecule has 2 aromatic carbocycles. The van der Waals surface area contributed by atoms with Gasteiger partial charge in [0.05, 0.1) is 25.9 Å². The fraction of sp³-hybridized carbons (Fsp3) is 0.355. The molecule has 3 unspecified atom stereocenters. The van der Waals surface area contributed by atoms with Gasteiger partial charge >= 0.3 is 12.2 Å². The second-order valence-electron chi connectivity index (χ2n) is 10.3. The second-order valence-corrected chi connectivity index (χ2v) is 10.7. The third kappa shape index (κ3) is 6.69. The van der Waals surface area contributed by atoms with Gasteiger partial charge in [0.25, 0.3) is 0 Å². The third-order valence-corrected chi connectivity index (χ3v) is 7.76. The first-order valence-corrected chi connectivity index (χ1v) is 14.0. The Morgan fingerprint density at radius 2 is 1.88 bits per heavy atom. The van der Waals surface area contributed by atoms with Crippen LogP contribution in [0, 0.1) is 12.8 Å². The van der Waals surface area contributed by atoms with E-state index in [0.29, 0.717) is 35.9 Å². The Hall–Kier alpha value is -3.95. The summed E-state index contributed by atoms with van der Waals surface area (Å²) in [6.07, 6.45) is 5.33. The topological polar surface area (TPSA) is 109 Å². The van der Waals surface area contributed by atoms with E-state index in [0.717, 1.165) is 16.8 Å². The maximum Gasteiger partial charge on any atom is 0.416 e. The van der Waals surface area contributed by atoms with Gasteiger partial charge in [-0.15, -0.1) is 0 Å². The van der Waals surface area contributed by atoms with Crippen molar-refractivity contribution in [3.63, 3.8) is 0 Å². The Morgan fingerprint density at radius 3 is 2.61 bits per heavy atom. The number of benzene rings is 2. The number of hydrogen-bond acceptors (Lipinski definition) is 7. The summed E-state index contributed by atoms with van der Waals surface area (Å²) in [5, 5.41) is 16.9. The molecule has 4 atom stereocenters. The lowest BCUT2D eigenvalue weighted by atomic mass is 9.85. The Kier molecular flexibility index (Phi) is 8.85. The van der Waals surface area contributed by atoms with Crippen molar-refractivity contribution in [2.24, 2.45) is 5.92 Å². The minimum Gasteiger partial charge on any atom is -0.493 e. The molecule has 2 heterocycles. The highest BCUT2D eigenvalue weighted by atomic mass is 35.5. The number of nitrogens with zero attached hydrogens (tertiary/aromatic N) is 1. The number of methoxy groups -OCH3 is 1. The average molecular weight is 580 g/mol. The van der Waals surface area contributed by atoms with E-state index in [4.69, 9.17) is 21.1 Å². The van der Waals surface area contributed by atoms with Crippen LogP contribution in [0.25, 0.3) is 0 Å². The first-order valence-electron chi connectivity index (χ1n) is 13.6. The maximum atomic E-state index is 13.5. The van der Waals surface area contributed by atoms with Crippen LogP contribution in [0.15, 0.2) is 83.1 Å². The largest absolute Gasteiger partial charge is 0.493 e. The van der Waals surface area contributed by atoms with Gasteiger partial charge in [0.2, 0.25) is 0 Å². The van der Waals surface area contributed by atoms with Crippen LogP contribution in [0.3, 0.4) is 0 Å². The van der Waals surface area contributed by atoms with E-state index >= 15 is 0 Å². The normalized spacial score (nSPS) is 21.7. The number of hydrogen-bond donors (Lipinski definition) is 3. The molecule has 0 saturated heterocycles. The van der Waals surface area contributed by atoms with Gasteiger partial charge in [-0.05, 0) is 54.8 Å².